The van der Waals surface area contributed by atoms with Crippen LogP contribution in [0.2, 0.25) is 0 Å². The van der Waals surface area contributed by atoms with Crippen molar-refractivity contribution < 1.29 is 5.11 Å². The lowest BCUT2D eigenvalue weighted by Crippen LogP contribution is -2.28. The van der Waals surface area contributed by atoms with E-state index in [4.69, 9.17) is 6.54 Å². The molecular weight excluding hydrogens is 244 g/mol. The Morgan fingerprint density at radius 2 is 0.850 bits per heavy atom. The first-order valence-electron chi connectivity index (χ1n) is 7.09. The second-order valence-corrected chi connectivity index (χ2v) is 4.78. The highest BCUT2D eigenvalue weighted by Crippen LogP contribution is 2.36. The second-order valence-electron chi connectivity index (χ2n) is 4.78. The largest absolute Gasteiger partial charge is 0.376 e. The van der Waals surface area contributed by atoms with Crippen LogP contribution in [0.15, 0.2) is 91.0 Å². The van der Waals surface area contributed by atoms with Crippen LogP contribution in [0.5, 0.6) is 0 Å². The summed E-state index contributed by atoms with van der Waals surface area (Å²) in [7, 11) is 0. The fourth-order valence-electron chi connectivity index (χ4n) is 2.52. The zero-order valence-corrected chi connectivity index (χ0v) is 11.1. The summed E-state index contributed by atoms with van der Waals surface area (Å²) in [4.78, 5) is 0. The van der Waals surface area contributed by atoms with Crippen molar-refractivity contribution in [3.63, 3.8) is 0 Å². The smallest absolute Gasteiger partial charge is 0.212 e. The summed E-state index contributed by atoms with van der Waals surface area (Å²) in [6.07, 6.45) is 0. The second kappa shape index (κ2) is 5.32. The number of hydrogen-bond acceptors (Lipinski definition) is 1. The SMILES string of the molecule is [2H]OC(c1ccccc1)(c1ccccc1)c1ccccc1. The molecule has 0 saturated heterocycles. The monoisotopic (exact) mass is 261 g/mol. The summed E-state index contributed by atoms with van der Waals surface area (Å²) in [6, 6.07) is 29.7. The van der Waals surface area contributed by atoms with Crippen molar-refractivity contribution in [3.05, 3.63) is 108 Å². The molecule has 3 aromatic rings. The van der Waals surface area contributed by atoms with Crippen LogP contribution in [-0.4, -0.2) is 6.54 Å². The van der Waals surface area contributed by atoms with E-state index in [9.17, 15) is 0 Å². The average molecular weight is 261 g/mol. The molecule has 3 rings (SSSR count). The molecule has 0 spiro atoms. The molecule has 98 valence electrons. The molecule has 1 N–H and O–H groups in total. The summed E-state index contributed by atoms with van der Waals surface area (Å²) < 4.78 is 7.82. The predicted octanol–water partition coefficient (Wildman–Crippen LogP) is 3.97. The van der Waals surface area contributed by atoms with Crippen molar-refractivity contribution >= 4 is 0 Å². The lowest BCUT2D eigenvalue weighted by molar-refractivity contribution is 0.125. The molecule has 20 heavy (non-hydrogen) atoms. The van der Waals surface area contributed by atoms with Gasteiger partial charge in [-0.15, -0.1) is 0 Å². The molecule has 1 nitrogen and oxygen atoms in total. The zero-order chi connectivity index (χ0) is 14.5. The summed E-state index contributed by atoms with van der Waals surface area (Å²) in [5, 5.41) is 5.35. The van der Waals surface area contributed by atoms with Crippen LogP contribution in [0.1, 0.15) is 16.7 Å². The summed E-state index contributed by atoms with van der Waals surface area (Å²) >= 11 is 0. The van der Waals surface area contributed by atoms with E-state index < -0.39 is 5.60 Å². The Bertz CT molecular complexity index is 584. The lowest BCUT2D eigenvalue weighted by atomic mass is 9.80. The molecule has 0 bridgehead atoms. The van der Waals surface area contributed by atoms with E-state index in [1.165, 1.54) is 0 Å². The molecule has 0 fully saturated rings. The molecular formula is C19H16O. The molecule has 0 aromatic heterocycles. The van der Waals surface area contributed by atoms with Crippen LogP contribution in [-0.2, 0) is 5.60 Å². The predicted molar refractivity (Wildman–Crippen MR) is 81.4 cm³/mol. The van der Waals surface area contributed by atoms with Crippen LogP contribution in [0, 0.1) is 0 Å². The van der Waals surface area contributed by atoms with Crippen LogP contribution in [0.25, 0.3) is 0 Å². The number of hydrogen-bond donors (Lipinski definition) is 1. The van der Waals surface area contributed by atoms with Crippen molar-refractivity contribution in [1.82, 2.24) is 0 Å². The Hall–Kier alpha value is -2.38. The van der Waals surface area contributed by atoms with E-state index in [1.807, 2.05) is 91.0 Å². The molecule has 0 aliphatic rings. The van der Waals surface area contributed by atoms with Gasteiger partial charge in [-0.25, -0.2) is 0 Å². The van der Waals surface area contributed by atoms with Gasteiger partial charge in [0.25, 0.3) is 0 Å². The highest BCUT2D eigenvalue weighted by atomic mass is 16.3. The topological polar surface area (TPSA) is 20.2 Å². The number of aliphatic hydroxyl groups is 1. The Balaban J connectivity index is 2.29. The van der Waals surface area contributed by atoms with E-state index in [-0.39, 0.29) is 0 Å². The summed E-state index contributed by atoms with van der Waals surface area (Å²) in [5.74, 6) is 0. The Morgan fingerprint density at radius 1 is 0.550 bits per heavy atom. The molecule has 3 aromatic carbocycles. The number of benzene rings is 3. The van der Waals surface area contributed by atoms with Crippen molar-refractivity contribution in [2.24, 2.45) is 0 Å². The standard InChI is InChI=1S/C19H16O/c20-19(16-10-4-1-5-11-16,17-12-6-2-7-13-17)18-14-8-3-9-15-18/h1-15,20H/i20D. The molecule has 1 heteroatoms. The van der Waals surface area contributed by atoms with Crippen LogP contribution in [0.4, 0.5) is 0 Å². The van der Waals surface area contributed by atoms with Gasteiger partial charge < -0.3 is 5.11 Å². The number of rotatable bonds is 4. The van der Waals surface area contributed by atoms with Gasteiger partial charge in [0.15, 0.2) is 0 Å². The van der Waals surface area contributed by atoms with E-state index in [2.05, 4.69) is 0 Å². The highest BCUT2D eigenvalue weighted by Gasteiger charge is 2.33. The minimum Gasteiger partial charge on any atom is -0.376 e. The zero-order valence-electron chi connectivity index (χ0n) is 12.1. The molecule has 0 radical (unpaired) electrons. The van der Waals surface area contributed by atoms with Gasteiger partial charge in [-0.05, 0) is 16.7 Å². The van der Waals surface area contributed by atoms with E-state index >= 15 is 0 Å². The Morgan fingerprint density at radius 3 is 1.10 bits per heavy atom. The molecule has 0 aliphatic carbocycles. The highest BCUT2D eigenvalue weighted by molar-refractivity contribution is 5.46. The first kappa shape index (κ1) is 11.4. The van der Waals surface area contributed by atoms with Gasteiger partial charge in [-0.3, -0.25) is 0 Å². The molecule has 0 amide bonds. The van der Waals surface area contributed by atoms with Crippen LogP contribution in [0.3, 0.4) is 0 Å². The minimum atomic E-state index is -0.913. The molecule has 0 heterocycles. The van der Waals surface area contributed by atoms with Gasteiger partial charge in [-0.2, -0.15) is 0 Å². The third-order valence-electron chi connectivity index (χ3n) is 3.54. The third kappa shape index (κ3) is 2.13. The molecule has 0 aliphatic heterocycles. The first-order chi connectivity index (χ1) is 10.4. The van der Waals surface area contributed by atoms with E-state index in [1.54, 1.807) is 0 Å². The normalized spacial score (nSPS) is 11.9. The Kier molecular flexibility index (Phi) is 3.04. The van der Waals surface area contributed by atoms with Crippen LogP contribution >= 0.6 is 0 Å². The molecule has 0 atom stereocenters. The minimum absolute atomic E-state index is 0.913. The fourth-order valence-corrected chi connectivity index (χ4v) is 2.52. The van der Waals surface area contributed by atoms with Crippen LogP contribution < -0.4 is 0 Å². The summed E-state index contributed by atoms with van der Waals surface area (Å²) in [5.41, 5.74) is 1.91. The molecule has 0 unspecified atom stereocenters. The maximum atomic E-state index is 7.82. The third-order valence-corrected chi connectivity index (χ3v) is 3.54. The molecule has 0 saturated carbocycles. The van der Waals surface area contributed by atoms with E-state index in [0.717, 1.165) is 16.7 Å². The maximum Gasteiger partial charge on any atom is 0.212 e. The van der Waals surface area contributed by atoms with Crippen molar-refractivity contribution in [1.29, 1.82) is 1.43 Å². The van der Waals surface area contributed by atoms with Gasteiger partial charge in [-0.1, -0.05) is 91.0 Å². The lowest BCUT2D eigenvalue weighted by Gasteiger charge is -2.30. The fraction of sp³-hybridized carbons (Fsp3) is 0.0526. The quantitative estimate of drug-likeness (QED) is 0.704. The van der Waals surface area contributed by atoms with Gasteiger partial charge in [0.05, 0.1) is 0 Å². The van der Waals surface area contributed by atoms with Gasteiger partial charge in [0, 0.05) is 0 Å². The summed E-state index contributed by atoms with van der Waals surface area (Å²) in [6.45, 7) is 0. The Labute approximate surface area is 120 Å². The van der Waals surface area contributed by atoms with Gasteiger partial charge in [0.2, 0.25) is 1.43 Å². The van der Waals surface area contributed by atoms with E-state index in [0.29, 0.717) is 0 Å². The maximum absolute atomic E-state index is 7.82. The van der Waals surface area contributed by atoms with Crippen molar-refractivity contribution in [3.8, 4) is 0 Å². The van der Waals surface area contributed by atoms with Gasteiger partial charge >= 0.3 is 0 Å². The van der Waals surface area contributed by atoms with Crippen molar-refractivity contribution in [2.45, 2.75) is 5.60 Å². The average Bonchev–Trinajstić information content (AvgIpc) is 2.59. The van der Waals surface area contributed by atoms with Crippen molar-refractivity contribution in [2.75, 3.05) is 0 Å². The van der Waals surface area contributed by atoms with Gasteiger partial charge in [0.1, 0.15) is 5.60 Å². The first-order valence-corrected chi connectivity index (χ1v) is 6.69.